The fourth-order valence-electron chi connectivity index (χ4n) is 1.78. The Balaban J connectivity index is 1.71. The Morgan fingerprint density at radius 1 is 1.32 bits per heavy atom. The van der Waals surface area contributed by atoms with E-state index in [1.807, 2.05) is 35.0 Å². The van der Waals surface area contributed by atoms with E-state index in [9.17, 15) is 0 Å². The highest BCUT2D eigenvalue weighted by atomic mass is 32.2. The van der Waals surface area contributed by atoms with E-state index < -0.39 is 0 Å². The maximum absolute atomic E-state index is 4.55. The van der Waals surface area contributed by atoms with Crippen molar-refractivity contribution in [1.29, 1.82) is 0 Å². The Labute approximate surface area is 115 Å². The van der Waals surface area contributed by atoms with Crippen LogP contribution < -0.4 is 0 Å². The minimum absolute atomic E-state index is 0.372. The molecule has 0 aliphatic rings. The monoisotopic (exact) mass is 273 g/mol. The fraction of sp³-hybridized carbons (Fsp3) is 0.308. The molecule has 0 unspecified atom stereocenters. The molecule has 0 aliphatic heterocycles. The van der Waals surface area contributed by atoms with Gasteiger partial charge in [-0.3, -0.25) is 5.10 Å². The molecule has 19 heavy (non-hydrogen) atoms. The van der Waals surface area contributed by atoms with Crippen LogP contribution in [-0.4, -0.2) is 24.6 Å². The molecule has 0 aromatic carbocycles. The number of aromatic amines is 1. The molecular weight excluding hydrogens is 258 g/mol. The number of nitrogens with one attached hydrogen (secondary N) is 1. The molecule has 0 fully saturated rings. The molecule has 0 radical (unpaired) electrons. The third kappa shape index (κ3) is 2.63. The summed E-state index contributed by atoms with van der Waals surface area (Å²) >= 11 is 1.60. The third-order valence-corrected chi connectivity index (χ3v) is 3.67. The Kier molecular flexibility index (Phi) is 3.25. The lowest BCUT2D eigenvalue weighted by Gasteiger charge is -1.95. The zero-order valence-electron chi connectivity index (χ0n) is 10.9. The number of pyridine rings is 1. The van der Waals surface area contributed by atoms with E-state index in [4.69, 9.17) is 0 Å². The first-order valence-corrected chi connectivity index (χ1v) is 7.18. The molecule has 0 saturated heterocycles. The highest BCUT2D eigenvalue weighted by molar-refractivity contribution is 7.98. The van der Waals surface area contributed by atoms with Gasteiger partial charge in [0.1, 0.15) is 11.5 Å². The largest absolute Gasteiger partial charge is 0.307 e. The highest BCUT2D eigenvalue weighted by Crippen LogP contribution is 2.20. The van der Waals surface area contributed by atoms with Crippen LogP contribution in [0.1, 0.15) is 31.3 Å². The molecule has 3 heterocycles. The lowest BCUT2D eigenvalue weighted by atomic mass is 10.2. The molecule has 0 bridgehead atoms. The molecular formula is C13H15N5S. The van der Waals surface area contributed by atoms with E-state index in [1.165, 1.54) is 0 Å². The van der Waals surface area contributed by atoms with Crippen LogP contribution in [0.25, 0.3) is 5.65 Å². The van der Waals surface area contributed by atoms with E-state index in [0.29, 0.717) is 5.92 Å². The van der Waals surface area contributed by atoms with Gasteiger partial charge < -0.3 is 4.40 Å². The first-order chi connectivity index (χ1) is 9.22. The zero-order chi connectivity index (χ0) is 13.2. The predicted octanol–water partition coefficient (Wildman–Crippen LogP) is 2.87. The van der Waals surface area contributed by atoms with Gasteiger partial charge in [0.25, 0.3) is 0 Å². The number of fused-ring (bicyclic) bond motifs is 1. The Morgan fingerprint density at radius 3 is 2.95 bits per heavy atom. The standard InChI is InChI=1S/C13H15N5S/c1-9(2)12-15-13(17-16-12)19-8-10-7-18-6-4-3-5-11(18)14-10/h3-7,9H,8H2,1-2H3,(H,15,16,17). The average Bonchev–Trinajstić information content (AvgIpc) is 3.02. The van der Waals surface area contributed by atoms with Gasteiger partial charge >= 0.3 is 0 Å². The van der Waals surface area contributed by atoms with Gasteiger partial charge in [-0.25, -0.2) is 9.97 Å². The number of thioether (sulfide) groups is 1. The molecule has 3 aromatic rings. The Hall–Kier alpha value is -1.82. The Bertz CT molecular complexity index is 652. The topological polar surface area (TPSA) is 58.9 Å². The summed E-state index contributed by atoms with van der Waals surface area (Å²) in [6.45, 7) is 4.19. The van der Waals surface area contributed by atoms with Crippen LogP contribution in [0.4, 0.5) is 0 Å². The molecule has 0 spiro atoms. The molecule has 0 amide bonds. The van der Waals surface area contributed by atoms with E-state index in [0.717, 1.165) is 28.1 Å². The molecule has 98 valence electrons. The highest BCUT2D eigenvalue weighted by Gasteiger charge is 2.08. The second-order valence-electron chi connectivity index (χ2n) is 4.64. The van der Waals surface area contributed by atoms with Crippen molar-refractivity contribution in [2.24, 2.45) is 0 Å². The summed E-state index contributed by atoms with van der Waals surface area (Å²) in [6.07, 6.45) is 4.04. The normalized spacial score (nSPS) is 11.5. The predicted molar refractivity (Wildman–Crippen MR) is 75.2 cm³/mol. The molecule has 0 aliphatic carbocycles. The van der Waals surface area contributed by atoms with Gasteiger partial charge in [-0.05, 0) is 12.1 Å². The van der Waals surface area contributed by atoms with Crippen molar-refractivity contribution in [3.05, 3.63) is 42.1 Å². The van der Waals surface area contributed by atoms with Crippen molar-refractivity contribution in [3.63, 3.8) is 0 Å². The summed E-state index contributed by atoms with van der Waals surface area (Å²) in [7, 11) is 0. The zero-order valence-corrected chi connectivity index (χ0v) is 11.7. The van der Waals surface area contributed by atoms with Crippen molar-refractivity contribution in [3.8, 4) is 0 Å². The van der Waals surface area contributed by atoms with Crippen molar-refractivity contribution in [1.82, 2.24) is 24.6 Å². The van der Waals surface area contributed by atoms with Gasteiger partial charge in [0, 0.05) is 24.1 Å². The SMILES string of the molecule is CC(C)c1nc(SCc2cn3ccccc3n2)n[nH]1. The first kappa shape index (κ1) is 12.2. The van der Waals surface area contributed by atoms with Crippen LogP contribution >= 0.6 is 11.8 Å². The van der Waals surface area contributed by atoms with Crippen molar-refractivity contribution < 1.29 is 0 Å². The summed E-state index contributed by atoms with van der Waals surface area (Å²) in [5, 5.41) is 7.94. The number of H-pyrrole nitrogens is 1. The van der Waals surface area contributed by atoms with E-state index in [2.05, 4.69) is 34.0 Å². The van der Waals surface area contributed by atoms with Crippen LogP contribution in [0.15, 0.2) is 35.7 Å². The number of rotatable bonds is 4. The van der Waals surface area contributed by atoms with E-state index in [-0.39, 0.29) is 0 Å². The second kappa shape index (κ2) is 5.05. The summed E-state index contributed by atoms with van der Waals surface area (Å²) in [5.41, 5.74) is 2.00. The van der Waals surface area contributed by atoms with Crippen molar-refractivity contribution in [2.75, 3.05) is 0 Å². The smallest absolute Gasteiger partial charge is 0.208 e. The molecule has 0 atom stereocenters. The Morgan fingerprint density at radius 2 is 2.21 bits per heavy atom. The number of hydrogen-bond donors (Lipinski definition) is 1. The van der Waals surface area contributed by atoms with Crippen molar-refractivity contribution >= 4 is 17.4 Å². The van der Waals surface area contributed by atoms with Gasteiger partial charge in [-0.1, -0.05) is 31.7 Å². The van der Waals surface area contributed by atoms with Crippen LogP contribution in [0.5, 0.6) is 0 Å². The summed E-state index contributed by atoms with van der Waals surface area (Å²) in [6, 6.07) is 5.98. The quantitative estimate of drug-likeness (QED) is 0.743. The minimum Gasteiger partial charge on any atom is -0.307 e. The molecule has 0 saturated carbocycles. The number of imidazole rings is 1. The van der Waals surface area contributed by atoms with Crippen LogP contribution in [0, 0.1) is 0 Å². The van der Waals surface area contributed by atoms with Gasteiger partial charge in [0.15, 0.2) is 0 Å². The van der Waals surface area contributed by atoms with Gasteiger partial charge in [0.05, 0.1) is 5.69 Å². The third-order valence-electron chi connectivity index (χ3n) is 2.79. The second-order valence-corrected chi connectivity index (χ2v) is 5.59. The fourth-order valence-corrected chi connectivity index (χ4v) is 2.47. The number of hydrogen-bond acceptors (Lipinski definition) is 4. The molecule has 1 N–H and O–H groups in total. The first-order valence-electron chi connectivity index (χ1n) is 6.20. The van der Waals surface area contributed by atoms with Crippen LogP contribution in [0.2, 0.25) is 0 Å². The van der Waals surface area contributed by atoms with Crippen molar-refractivity contribution in [2.45, 2.75) is 30.7 Å². The minimum atomic E-state index is 0.372. The summed E-state index contributed by atoms with van der Waals surface area (Å²) < 4.78 is 2.02. The lowest BCUT2D eigenvalue weighted by Crippen LogP contribution is -1.89. The number of aromatic nitrogens is 5. The van der Waals surface area contributed by atoms with Gasteiger partial charge in [-0.2, -0.15) is 0 Å². The van der Waals surface area contributed by atoms with E-state index >= 15 is 0 Å². The molecule has 3 rings (SSSR count). The maximum atomic E-state index is 4.55. The number of nitrogens with zero attached hydrogens (tertiary/aromatic N) is 4. The van der Waals surface area contributed by atoms with Gasteiger partial charge in [0.2, 0.25) is 5.16 Å². The maximum Gasteiger partial charge on any atom is 0.208 e. The average molecular weight is 273 g/mol. The van der Waals surface area contributed by atoms with Crippen LogP contribution in [0.3, 0.4) is 0 Å². The molecule has 3 aromatic heterocycles. The lowest BCUT2D eigenvalue weighted by molar-refractivity contribution is 0.780. The molecule has 5 nitrogen and oxygen atoms in total. The molecule has 6 heteroatoms. The van der Waals surface area contributed by atoms with Crippen LogP contribution in [-0.2, 0) is 5.75 Å². The van der Waals surface area contributed by atoms with Gasteiger partial charge in [-0.15, -0.1) is 5.10 Å². The van der Waals surface area contributed by atoms with E-state index in [1.54, 1.807) is 11.8 Å². The summed E-state index contributed by atoms with van der Waals surface area (Å²) in [4.78, 5) is 8.99. The summed E-state index contributed by atoms with van der Waals surface area (Å²) in [5.74, 6) is 2.08.